The van der Waals surface area contributed by atoms with Gasteiger partial charge in [0.15, 0.2) is 0 Å². The molecular weight excluding hydrogens is 312 g/mol. The highest BCUT2D eigenvalue weighted by molar-refractivity contribution is 7.09. The third-order valence-electron chi connectivity index (χ3n) is 3.24. The standard InChI is InChI=1S/C16H20N4O2S/c1-9(2)15(21)18-11-5-4-10(3)12(6-11)20-16(22)13-8-23-14(7-17)19-13/h4-6,8-9H,7,17H2,1-3H3,(H,18,21)(H,20,22). The Morgan fingerprint density at radius 3 is 2.65 bits per heavy atom. The van der Waals surface area contributed by atoms with E-state index in [2.05, 4.69) is 15.6 Å². The average Bonchev–Trinajstić information content (AvgIpc) is 2.99. The summed E-state index contributed by atoms with van der Waals surface area (Å²) in [5.74, 6) is -0.478. The van der Waals surface area contributed by atoms with Gasteiger partial charge in [-0.3, -0.25) is 9.59 Å². The fourth-order valence-electron chi connectivity index (χ4n) is 1.82. The predicted octanol–water partition coefficient (Wildman–Crippen LogP) is 2.76. The van der Waals surface area contributed by atoms with Crippen molar-refractivity contribution in [2.24, 2.45) is 11.7 Å². The zero-order valence-electron chi connectivity index (χ0n) is 13.3. The first-order valence-corrected chi connectivity index (χ1v) is 8.16. The third kappa shape index (κ3) is 4.37. The number of benzene rings is 1. The van der Waals surface area contributed by atoms with Crippen LogP contribution in [0.1, 0.15) is 34.9 Å². The summed E-state index contributed by atoms with van der Waals surface area (Å²) in [5.41, 5.74) is 8.03. The van der Waals surface area contributed by atoms with Gasteiger partial charge in [-0.25, -0.2) is 4.98 Å². The van der Waals surface area contributed by atoms with Crippen molar-refractivity contribution in [2.75, 3.05) is 10.6 Å². The molecule has 0 saturated heterocycles. The normalized spacial score (nSPS) is 10.7. The molecule has 0 unspecified atom stereocenters. The van der Waals surface area contributed by atoms with Crippen LogP contribution in [-0.2, 0) is 11.3 Å². The van der Waals surface area contributed by atoms with Crippen LogP contribution in [0.3, 0.4) is 0 Å². The number of rotatable bonds is 5. The van der Waals surface area contributed by atoms with E-state index in [-0.39, 0.29) is 17.7 Å². The van der Waals surface area contributed by atoms with Crippen molar-refractivity contribution in [1.82, 2.24) is 4.98 Å². The smallest absolute Gasteiger partial charge is 0.275 e. The van der Waals surface area contributed by atoms with Gasteiger partial charge in [0, 0.05) is 29.2 Å². The molecule has 1 heterocycles. The van der Waals surface area contributed by atoms with Crippen molar-refractivity contribution >= 4 is 34.5 Å². The number of hydrogen-bond donors (Lipinski definition) is 3. The zero-order valence-corrected chi connectivity index (χ0v) is 14.2. The Morgan fingerprint density at radius 1 is 1.30 bits per heavy atom. The first-order chi connectivity index (χ1) is 10.9. The van der Waals surface area contributed by atoms with Crippen LogP contribution in [0.5, 0.6) is 0 Å². The molecule has 0 aliphatic heterocycles. The Balaban J connectivity index is 2.15. The van der Waals surface area contributed by atoms with E-state index in [1.807, 2.05) is 26.8 Å². The van der Waals surface area contributed by atoms with Crippen molar-refractivity contribution < 1.29 is 9.59 Å². The summed E-state index contributed by atoms with van der Waals surface area (Å²) in [6.07, 6.45) is 0. The molecule has 6 nitrogen and oxygen atoms in total. The van der Waals surface area contributed by atoms with E-state index in [4.69, 9.17) is 5.73 Å². The van der Waals surface area contributed by atoms with Gasteiger partial charge < -0.3 is 16.4 Å². The highest BCUT2D eigenvalue weighted by Gasteiger charge is 2.13. The van der Waals surface area contributed by atoms with E-state index >= 15 is 0 Å². The van der Waals surface area contributed by atoms with Gasteiger partial charge in [0.25, 0.3) is 5.91 Å². The maximum absolute atomic E-state index is 12.2. The number of nitrogens with two attached hydrogens (primary N) is 1. The van der Waals surface area contributed by atoms with E-state index in [0.717, 1.165) is 5.56 Å². The molecule has 0 radical (unpaired) electrons. The summed E-state index contributed by atoms with van der Waals surface area (Å²) in [6.45, 7) is 5.84. The SMILES string of the molecule is Cc1ccc(NC(=O)C(C)C)cc1NC(=O)c1csc(CN)n1. The van der Waals surface area contributed by atoms with Gasteiger partial charge in [0.1, 0.15) is 10.7 Å². The largest absolute Gasteiger partial charge is 0.326 e. The number of amides is 2. The summed E-state index contributed by atoms with van der Waals surface area (Å²) in [5, 5.41) is 8.03. The Morgan fingerprint density at radius 2 is 2.04 bits per heavy atom. The molecule has 0 spiro atoms. The molecule has 2 amide bonds. The molecule has 2 rings (SSSR count). The van der Waals surface area contributed by atoms with Crippen LogP contribution in [0.15, 0.2) is 23.6 Å². The van der Waals surface area contributed by atoms with E-state index in [1.54, 1.807) is 17.5 Å². The average molecular weight is 332 g/mol. The van der Waals surface area contributed by atoms with Crippen LogP contribution >= 0.6 is 11.3 Å². The van der Waals surface area contributed by atoms with Gasteiger partial charge in [0.05, 0.1) is 0 Å². The van der Waals surface area contributed by atoms with Crippen molar-refractivity contribution in [3.8, 4) is 0 Å². The second-order valence-corrected chi connectivity index (χ2v) is 6.40. The maximum atomic E-state index is 12.2. The fourth-order valence-corrected chi connectivity index (χ4v) is 2.47. The van der Waals surface area contributed by atoms with Gasteiger partial charge in [-0.2, -0.15) is 0 Å². The number of aromatic nitrogens is 1. The van der Waals surface area contributed by atoms with Crippen LogP contribution < -0.4 is 16.4 Å². The van der Waals surface area contributed by atoms with Gasteiger partial charge in [-0.1, -0.05) is 19.9 Å². The number of aryl methyl sites for hydroxylation is 1. The number of nitrogens with zero attached hydrogens (tertiary/aromatic N) is 1. The summed E-state index contributed by atoms with van der Waals surface area (Å²) in [4.78, 5) is 28.2. The molecule has 0 aliphatic rings. The molecule has 122 valence electrons. The maximum Gasteiger partial charge on any atom is 0.275 e. The molecule has 0 atom stereocenters. The van der Waals surface area contributed by atoms with Gasteiger partial charge in [0.2, 0.25) is 5.91 Å². The molecule has 23 heavy (non-hydrogen) atoms. The van der Waals surface area contributed by atoms with Crippen LogP contribution in [-0.4, -0.2) is 16.8 Å². The number of thiazole rings is 1. The molecule has 0 aliphatic carbocycles. The first kappa shape index (κ1) is 17.1. The Bertz CT molecular complexity index is 725. The molecular formula is C16H20N4O2S. The summed E-state index contributed by atoms with van der Waals surface area (Å²) in [7, 11) is 0. The van der Waals surface area contributed by atoms with Gasteiger partial charge >= 0.3 is 0 Å². The zero-order chi connectivity index (χ0) is 17.0. The molecule has 4 N–H and O–H groups in total. The molecule has 1 aromatic heterocycles. The van der Waals surface area contributed by atoms with Crippen LogP contribution in [0, 0.1) is 12.8 Å². The molecule has 2 aromatic rings. The topological polar surface area (TPSA) is 97.1 Å². The fraction of sp³-hybridized carbons (Fsp3) is 0.312. The Hall–Kier alpha value is -2.25. The van der Waals surface area contributed by atoms with Crippen LogP contribution in [0.4, 0.5) is 11.4 Å². The summed E-state index contributed by atoms with van der Waals surface area (Å²) < 4.78 is 0. The minimum absolute atomic E-state index is 0.0711. The minimum atomic E-state index is -0.295. The summed E-state index contributed by atoms with van der Waals surface area (Å²) >= 11 is 1.35. The van der Waals surface area contributed by atoms with E-state index in [9.17, 15) is 9.59 Å². The lowest BCUT2D eigenvalue weighted by atomic mass is 10.1. The molecule has 0 saturated carbocycles. The van der Waals surface area contributed by atoms with Crippen molar-refractivity contribution in [3.63, 3.8) is 0 Å². The van der Waals surface area contributed by atoms with Crippen LogP contribution in [0.25, 0.3) is 0 Å². The lowest BCUT2D eigenvalue weighted by Gasteiger charge is -2.12. The van der Waals surface area contributed by atoms with Gasteiger partial charge in [-0.15, -0.1) is 11.3 Å². The molecule has 0 fully saturated rings. The highest BCUT2D eigenvalue weighted by atomic mass is 32.1. The monoisotopic (exact) mass is 332 g/mol. The second-order valence-electron chi connectivity index (χ2n) is 5.46. The number of anilines is 2. The molecule has 7 heteroatoms. The Kier molecular flexibility index (Phi) is 5.46. The Labute approximate surface area is 139 Å². The van der Waals surface area contributed by atoms with Crippen LogP contribution in [0.2, 0.25) is 0 Å². The molecule has 1 aromatic carbocycles. The second kappa shape index (κ2) is 7.34. The van der Waals surface area contributed by atoms with Crippen molar-refractivity contribution in [2.45, 2.75) is 27.3 Å². The minimum Gasteiger partial charge on any atom is -0.326 e. The number of carbonyl (C=O) groups is 2. The summed E-state index contributed by atoms with van der Waals surface area (Å²) in [6, 6.07) is 5.39. The lowest BCUT2D eigenvalue weighted by molar-refractivity contribution is -0.118. The van der Waals surface area contributed by atoms with E-state index in [1.165, 1.54) is 11.3 Å². The number of hydrogen-bond acceptors (Lipinski definition) is 5. The van der Waals surface area contributed by atoms with E-state index < -0.39 is 0 Å². The van der Waals surface area contributed by atoms with Gasteiger partial charge in [-0.05, 0) is 24.6 Å². The quantitative estimate of drug-likeness (QED) is 0.784. The lowest BCUT2D eigenvalue weighted by Crippen LogP contribution is -2.18. The van der Waals surface area contributed by atoms with E-state index in [0.29, 0.717) is 28.6 Å². The third-order valence-corrected chi connectivity index (χ3v) is 4.11. The first-order valence-electron chi connectivity index (χ1n) is 7.28. The molecule has 0 bridgehead atoms. The van der Waals surface area contributed by atoms with Crippen molar-refractivity contribution in [1.29, 1.82) is 0 Å². The number of nitrogens with one attached hydrogen (secondary N) is 2. The van der Waals surface area contributed by atoms with Crippen molar-refractivity contribution in [3.05, 3.63) is 39.8 Å². The number of carbonyl (C=O) groups excluding carboxylic acids is 2. The highest BCUT2D eigenvalue weighted by Crippen LogP contribution is 2.22. The predicted molar refractivity (Wildman–Crippen MR) is 92.6 cm³/mol.